The van der Waals surface area contributed by atoms with Crippen LogP contribution in [-0.2, 0) is 9.59 Å². The second kappa shape index (κ2) is 16.1. The molecular formula is C49H54N8O6. The number of aromatic nitrogens is 1. The van der Waals surface area contributed by atoms with Crippen LogP contribution < -0.4 is 25.2 Å². The van der Waals surface area contributed by atoms with E-state index in [-0.39, 0.29) is 47.8 Å². The van der Waals surface area contributed by atoms with Crippen molar-refractivity contribution in [3.8, 4) is 11.8 Å². The highest BCUT2D eigenvalue weighted by molar-refractivity contribution is 6.23. The smallest absolute Gasteiger partial charge is 0.262 e. The Morgan fingerprint density at radius 2 is 1.59 bits per heavy atom. The van der Waals surface area contributed by atoms with Gasteiger partial charge in [-0.15, -0.1) is 0 Å². The SMILES string of the molecule is C[C@@H]1CN(c2ccc3c(c2)C(=O)N([C@@H]2CCC(=O)NC2=O)C3=O)CCN1CC1CCN(c2ccc(C(=O)NC3C(C)(C)C(Oc4ccc(C#N)c5ncccc45)C3(C)C)cc2)CC1. The molecule has 4 aliphatic heterocycles. The van der Waals surface area contributed by atoms with Gasteiger partial charge < -0.3 is 19.9 Å². The Kier molecular flexibility index (Phi) is 10.7. The number of piperidine rings is 2. The van der Waals surface area contributed by atoms with E-state index < -0.39 is 29.7 Å². The molecule has 1 aliphatic carbocycles. The lowest BCUT2D eigenvalue weighted by Gasteiger charge is -2.63. The Bertz CT molecular complexity index is 2540. The number of nitrogens with one attached hydrogen (secondary N) is 2. The molecule has 14 heteroatoms. The summed E-state index contributed by atoms with van der Waals surface area (Å²) in [6.45, 7) is 16.1. The summed E-state index contributed by atoms with van der Waals surface area (Å²) in [5.41, 5.74) is 3.60. The number of ether oxygens (including phenoxy) is 1. The van der Waals surface area contributed by atoms with E-state index in [0.29, 0.717) is 39.4 Å². The Morgan fingerprint density at radius 3 is 2.29 bits per heavy atom. The lowest BCUT2D eigenvalue weighted by molar-refractivity contribution is -0.163. The molecular weight excluding hydrogens is 797 g/mol. The predicted molar refractivity (Wildman–Crippen MR) is 237 cm³/mol. The first-order chi connectivity index (χ1) is 30.1. The number of carbonyl (C=O) groups is 5. The van der Waals surface area contributed by atoms with Crippen molar-refractivity contribution in [2.24, 2.45) is 16.7 Å². The number of amides is 5. The third-order valence-electron chi connectivity index (χ3n) is 14.4. The standard InChI is InChI=1S/C49H54N8O6/c1-29-27-56(34-13-14-35-37(25-34)45(62)57(44(35)61)38-15-17-40(58)52-43(38)60)24-23-55(29)28-30-18-21-54(22-19-30)33-11-8-31(9-12-33)42(59)53-46-48(2,3)47(49(46,4)5)63-39-16-10-32(26-50)41-36(39)7-6-20-51-41/h6-14,16,20,25,29-30,38,46-47H,15,17-19,21-24,27-28H2,1-5H3,(H,53,59)(H,52,58,60)/t29-,38-,46?,47?/m1/s1. The zero-order chi connectivity index (χ0) is 44.4. The maximum atomic E-state index is 13.7. The van der Waals surface area contributed by atoms with Crippen molar-refractivity contribution in [1.82, 2.24) is 25.4 Å². The number of imide groups is 2. The highest BCUT2D eigenvalue weighted by Gasteiger charge is 2.64. The van der Waals surface area contributed by atoms with Gasteiger partial charge >= 0.3 is 0 Å². The summed E-state index contributed by atoms with van der Waals surface area (Å²) in [5.74, 6) is -0.845. The monoisotopic (exact) mass is 850 g/mol. The third-order valence-corrected chi connectivity index (χ3v) is 14.4. The number of hydrogen-bond donors (Lipinski definition) is 2. The van der Waals surface area contributed by atoms with Gasteiger partial charge in [-0.1, -0.05) is 27.7 Å². The van der Waals surface area contributed by atoms with Crippen LogP contribution in [0, 0.1) is 28.1 Å². The van der Waals surface area contributed by atoms with Crippen molar-refractivity contribution in [3.05, 3.63) is 95.2 Å². The molecule has 3 saturated heterocycles. The molecule has 5 amide bonds. The van der Waals surface area contributed by atoms with Gasteiger partial charge in [0.05, 0.1) is 22.2 Å². The predicted octanol–water partition coefficient (Wildman–Crippen LogP) is 5.55. The summed E-state index contributed by atoms with van der Waals surface area (Å²) >= 11 is 0. The molecule has 0 bridgehead atoms. The van der Waals surface area contributed by atoms with Gasteiger partial charge in [0.15, 0.2) is 0 Å². The van der Waals surface area contributed by atoms with Crippen molar-refractivity contribution < 1.29 is 28.7 Å². The lowest BCUT2D eigenvalue weighted by atomic mass is 9.49. The van der Waals surface area contributed by atoms with E-state index in [1.807, 2.05) is 36.4 Å². The van der Waals surface area contributed by atoms with E-state index in [9.17, 15) is 29.2 Å². The average molecular weight is 851 g/mol. The van der Waals surface area contributed by atoms with Crippen molar-refractivity contribution in [2.45, 2.75) is 84.5 Å². The zero-order valence-corrected chi connectivity index (χ0v) is 36.5. The molecule has 0 unspecified atom stereocenters. The largest absolute Gasteiger partial charge is 0.488 e. The molecule has 0 radical (unpaired) electrons. The molecule has 4 fully saturated rings. The normalized spacial score (nSPS) is 24.7. The number of nitriles is 1. The lowest BCUT2D eigenvalue weighted by Crippen LogP contribution is -2.74. The number of fused-ring (bicyclic) bond motifs is 2. The minimum Gasteiger partial charge on any atom is -0.488 e. The fraction of sp³-hybridized carbons (Fsp3) is 0.449. The van der Waals surface area contributed by atoms with E-state index in [1.54, 1.807) is 24.4 Å². The van der Waals surface area contributed by atoms with Gasteiger partial charge in [0.1, 0.15) is 24.0 Å². The van der Waals surface area contributed by atoms with Crippen LogP contribution in [0.4, 0.5) is 11.4 Å². The van der Waals surface area contributed by atoms with E-state index >= 15 is 0 Å². The second-order valence-corrected chi connectivity index (χ2v) is 19.1. The number of nitrogens with zero attached hydrogens (tertiary/aromatic N) is 6. The second-order valence-electron chi connectivity index (χ2n) is 19.1. The van der Waals surface area contributed by atoms with Gasteiger partial charge in [0.2, 0.25) is 11.8 Å². The number of anilines is 2. The summed E-state index contributed by atoms with van der Waals surface area (Å²) in [5, 5.41) is 16.0. The van der Waals surface area contributed by atoms with Gasteiger partial charge in [0, 0.05) is 97.1 Å². The quantitative estimate of drug-likeness (QED) is 0.203. The van der Waals surface area contributed by atoms with Crippen LogP contribution in [0.1, 0.15) is 96.9 Å². The third kappa shape index (κ3) is 7.45. The minimum absolute atomic E-state index is 0.0881. The van der Waals surface area contributed by atoms with E-state index in [0.717, 1.165) is 73.8 Å². The van der Waals surface area contributed by atoms with Crippen molar-refractivity contribution in [1.29, 1.82) is 5.26 Å². The highest BCUT2D eigenvalue weighted by atomic mass is 16.5. The van der Waals surface area contributed by atoms with Crippen LogP contribution in [-0.4, -0.2) is 108 Å². The molecule has 4 aromatic rings. The fourth-order valence-corrected chi connectivity index (χ4v) is 11.2. The molecule has 3 aromatic carbocycles. The molecule has 0 spiro atoms. The van der Waals surface area contributed by atoms with E-state index in [2.05, 4.69) is 83.1 Å². The van der Waals surface area contributed by atoms with Crippen LogP contribution in [0.15, 0.2) is 72.9 Å². The van der Waals surface area contributed by atoms with Crippen LogP contribution in [0.5, 0.6) is 5.75 Å². The Hall–Kier alpha value is -6.33. The molecule has 1 saturated carbocycles. The Labute approximate surface area is 367 Å². The first-order valence-electron chi connectivity index (χ1n) is 22.1. The first-order valence-corrected chi connectivity index (χ1v) is 22.1. The number of rotatable bonds is 9. The molecule has 2 N–H and O–H groups in total. The summed E-state index contributed by atoms with van der Waals surface area (Å²) in [7, 11) is 0. The van der Waals surface area contributed by atoms with Gasteiger partial charge in [0.25, 0.3) is 17.7 Å². The van der Waals surface area contributed by atoms with Gasteiger partial charge in [-0.05, 0) is 98.8 Å². The zero-order valence-electron chi connectivity index (χ0n) is 36.5. The number of piperazine rings is 1. The van der Waals surface area contributed by atoms with Crippen molar-refractivity contribution in [2.75, 3.05) is 49.1 Å². The Morgan fingerprint density at radius 1 is 0.873 bits per heavy atom. The average Bonchev–Trinajstić information content (AvgIpc) is 3.52. The minimum atomic E-state index is -0.980. The molecule has 1 aromatic heterocycles. The number of hydrogen-bond acceptors (Lipinski definition) is 11. The molecule has 5 aliphatic rings. The van der Waals surface area contributed by atoms with Crippen LogP contribution in [0.3, 0.4) is 0 Å². The summed E-state index contributed by atoms with van der Waals surface area (Å²) in [6, 6.07) is 22.0. The number of pyridine rings is 1. The number of carbonyl (C=O) groups excluding carboxylic acids is 5. The van der Waals surface area contributed by atoms with Gasteiger partial charge in [-0.3, -0.25) is 44.1 Å². The van der Waals surface area contributed by atoms with Crippen molar-refractivity contribution in [3.63, 3.8) is 0 Å². The molecule has 326 valence electrons. The van der Waals surface area contributed by atoms with Crippen LogP contribution in [0.25, 0.3) is 10.9 Å². The summed E-state index contributed by atoms with van der Waals surface area (Å²) in [4.78, 5) is 77.1. The molecule has 63 heavy (non-hydrogen) atoms. The highest BCUT2D eigenvalue weighted by Crippen LogP contribution is 2.56. The van der Waals surface area contributed by atoms with Crippen molar-refractivity contribution >= 4 is 51.8 Å². The maximum Gasteiger partial charge on any atom is 0.262 e. The maximum absolute atomic E-state index is 13.7. The van der Waals surface area contributed by atoms with Gasteiger partial charge in [-0.2, -0.15) is 5.26 Å². The fourth-order valence-electron chi connectivity index (χ4n) is 11.2. The van der Waals surface area contributed by atoms with Crippen LogP contribution in [0.2, 0.25) is 0 Å². The molecule has 9 rings (SSSR count). The summed E-state index contributed by atoms with van der Waals surface area (Å²) < 4.78 is 6.66. The molecule has 14 nitrogen and oxygen atoms in total. The van der Waals surface area contributed by atoms with Crippen LogP contribution >= 0.6 is 0 Å². The topological polar surface area (TPSA) is 168 Å². The van der Waals surface area contributed by atoms with E-state index in [1.165, 1.54) is 0 Å². The molecule has 5 heterocycles. The number of benzene rings is 3. The molecule has 2 atom stereocenters. The Balaban J connectivity index is 0.751. The van der Waals surface area contributed by atoms with Gasteiger partial charge in [-0.25, -0.2) is 0 Å². The summed E-state index contributed by atoms with van der Waals surface area (Å²) in [6.07, 6.45) is 3.86. The van der Waals surface area contributed by atoms with E-state index in [4.69, 9.17) is 4.74 Å². The first kappa shape index (κ1) is 42.0.